The highest BCUT2D eigenvalue weighted by Gasteiger charge is 2.32. The van der Waals surface area contributed by atoms with Gasteiger partial charge in [-0.3, -0.25) is 10.1 Å². The second-order valence-electron chi connectivity index (χ2n) is 5.37. The summed E-state index contributed by atoms with van der Waals surface area (Å²) in [6.07, 6.45) is -0.307. The van der Waals surface area contributed by atoms with Crippen LogP contribution in [-0.2, 0) is 9.53 Å². The lowest BCUT2D eigenvalue weighted by Crippen LogP contribution is -2.45. The van der Waals surface area contributed by atoms with Crippen molar-refractivity contribution in [1.29, 1.82) is 0 Å². The summed E-state index contributed by atoms with van der Waals surface area (Å²) in [5.41, 5.74) is 1.15. The van der Waals surface area contributed by atoms with Crippen LogP contribution in [-0.4, -0.2) is 23.0 Å². The summed E-state index contributed by atoms with van der Waals surface area (Å²) in [5, 5.41) is 15.9. The minimum atomic E-state index is -0.726. The maximum absolute atomic E-state index is 12.3. The predicted molar refractivity (Wildman–Crippen MR) is 81.4 cm³/mol. The van der Waals surface area contributed by atoms with Crippen LogP contribution in [0.2, 0.25) is 0 Å². The first-order valence-corrected chi connectivity index (χ1v) is 7.03. The molecule has 0 fully saturated rings. The zero-order valence-corrected chi connectivity index (χ0v) is 13.0. The standard InChI is InChI=1S/C15H17N3O5/c1-8(2)23-14(19)12-9(3)16-15(20)17-13(12)10-4-6-11(7-5-10)18(21)22/h4-8,13H,1-3H3,(H2,16,17,20)/t13-/m0/s1. The Kier molecular flexibility index (Phi) is 4.63. The summed E-state index contributed by atoms with van der Waals surface area (Å²) in [6, 6.07) is 4.48. The normalized spacial score (nSPS) is 17.6. The van der Waals surface area contributed by atoms with Gasteiger partial charge in [-0.15, -0.1) is 0 Å². The zero-order chi connectivity index (χ0) is 17.1. The van der Waals surface area contributed by atoms with Gasteiger partial charge >= 0.3 is 12.0 Å². The quantitative estimate of drug-likeness (QED) is 0.502. The summed E-state index contributed by atoms with van der Waals surface area (Å²) in [5.74, 6) is -0.548. The van der Waals surface area contributed by atoms with E-state index in [9.17, 15) is 19.7 Å². The lowest BCUT2D eigenvalue weighted by molar-refractivity contribution is -0.384. The number of esters is 1. The second kappa shape index (κ2) is 6.47. The minimum Gasteiger partial charge on any atom is -0.459 e. The molecule has 0 aromatic heterocycles. The first-order valence-electron chi connectivity index (χ1n) is 7.03. The molecule has 23 heavy (non-hydrogen) atoms. The number of nitro benzene ring substituents is 1. The number of carbonyl (C=O) groups excluding carboxylic acids is 2. The Morgan fingerprint density at radius 1 is 1.30 bits per heavy atom. The zero-order valence-electron chi connectivity index (χ0n) is 13.0. The SMILES string of the molecule is CC1=C(C(=O)OC(C)C)[C@H](c2ccc([N+](=O)[O-])cc2)NC(=O)N1. The molecule has 2 amide bonds. The maximum atomic E-state index is 12.3. The lowest BCUT2D eigenvalue weighted by Gasteiger charge is -2.28. The van der Waals surface area contributed by atoms with E-state index in [1.165, 1.54) is 24.3 Å². The summed E-state index contributed by atoms with van der Waals surface area (Å²) in [7, 11) is 0. The van der Waals surface area contributed by atoms with Crippen molar-refractivity contribution >= 4 is 17.7 Å². The van der Waals surface area contributed by atoms with Crippen LogP contribution in [0.4, 0.5) is 10.5 Å². The first kappa shape index (κ1) is 16.5. The number of amides is 2. The van der Waals surface area contributed by atoms with Crippen LogP contribution in [0.15, 0.2) is 35.5 Å². The number of rotatable bonds is 4. The number of hydrogen-bond donors (Lipinski definition) is 2. The van der Waals surface area contributed by atoms with Gasteiger partial charge in [0.1, 0.15) is 0 Å². The lowest BCUT2D eigenvalue weighted by atomic mass is 9.95. The third-order valence-electron chi connectivity index (χ3n) is 3.27. The molecule has 1 aromatic rings. The number of non-ortho nitro benzene ring substituents is 1. The molecule has 122 valence electrons. The van der Waals surface area contributed by atoms with Crippen LogP contribution >= 0.6 is 0 Å². The number of nitrogens with zero attached hydrogens (tertiary/aromatic N) is 1. The van der Waals surface area contributed by atoms with Crippen molar-refractivity contribution in [1.82, 2.24) is 10.6 Å². The van der Waals surface area contributed by atoms with Gasteiger partial charge in [0.15, 0.2) is 0 Å². The fourth-order valence-corrected chi connectivity index (χ4v) is 2.28. The highest BCUT2D eigenvalue weighted by molar-refractivity contribution is 5.95. The van der Waals surface area contributed by atoms with Gasteiger partial charge in [0, 0.05) is 17.8 Å². The fraction of sp³-hybridized carbons (Fsp3) is 0.333. The molecule has 0 unspecified atom stereocenters. The highest BCUT2D eigenvalue weighted by atomic mass is 16.6. The van der Waals surface area contributed by atoms with Crippen LogP contribution in [0.1, 0.15) is 32.4 Å². The van der Waals surface area contributed by atoms with Crippen LogP contribution in [0.3, 0.4) is 0 Å². The third-order valence-corrected chi connectivity index (χ3v) is 3.27. The molecule has 1 heterocycles. The molecule has 0 aliphatic carbocycles. The molecule has 0 saturated carbocycles. The van der Waals surface area contributed by atoms with Crippen LogP contribution in [0.5, 0.6) is 0 Å². The number of ether oxygens (including phenoxy) is 1. The third kappa shape index (κ3) is 3.65. The van der Waals surface area contributed by atoms with Crippen LogP contribution < -0.4 is 10.6 Å². The summed E-state index contributed by atoms with van der Waals surface area (Å²) < 4.78 is 5.21. The molecule has 2 N–H and O–H groups in total. The number of urea groups is 1. The number of allylic oxidation sites excluding steroid dienone is 1. The van der Waals surface area contributed by atoms with Crippen LogP contribution in [0, 0.1) is 10.1 Å². The summed E-state index contributed by atoms with van der Waals surface area (Å²) in [4.78, 5) is 34.2. The van der Waals surface area contributed by atoms with Gasteiger partial charge in [0.25, 0.3) is 5.69 Å². The van der Waals surface area contributed by atoms with Crippen molar-refractivity contribution < 1.29 is 19.2 Å². The molecule has 8 nitrogen and oxygen atoms in total. The average molecular weight is 319 g/mol. The molecule has 2 rings (SSSR count). The van der Waals surface area contributed by atoms with Crippen molar-refractivity contribution in [2.45, 2.75) is 32.9 Å². The molecule has 8 heteroatoms. The monoisotopic (exact) mass is 319 g/mol. The van der Waals surface area contributed by atoms with E-state index in [0.29, 0.717) is 11.3 Å². The summed E-state index contributed by atoms with van der Waals surface area (Å²) in [6.45, 7) is 5.06. The number of benzene rings is 1. The minimum absolute atomic E-state index is 0.0685. The van der Waals surface area contributed by atoms with Crippen molar-refractivity contribution in [3.05, 3.63) is 51.2 Å². The van der Waals surface area contributed by atoms with Gasteiger partial charge in [0.05, 0.1) is 22.6 Å². The number of hydrogen-bond acceptors (Lipinski definition) is 5. The van der Waals surface area contributed by atoms with Crippen molar-refractivity contribution in [2.24, 2.45) is 0 Å². The van der Waals surface area contributed by atoms with E-state index in [4.69, 9.17) is 4.74 Å². The molecular formula is C15H17N3O5. The predicted octanol–water partition coefficient (Wildman–Crippen LogP) is 2.17. The first-order chi connectivity index (χ1) is 10.8. The van der Waals surface area contributed by atoms with Gasteiger partial charge in [-0.25, -0.2) is 9.59 Å². The highest BCUT2D eigenvalue weighted by Crippen LogP contribution is 2.29. The van der Waals surface area contributed by atoms with E-state index in [1.807, 2.05) is 0 Å². The van der Waals surface area contributed by atoms with Gasteiger partial charge < -0.3 is 15.4 Å². The number of carbonyl (C=O) groups is 2. The van der Waals surface area contributed by atoms with E-state index in [-0.39, 0.29) is 17.4 Å². The van der Waals surface area contributed by atoms with E-state index in [2.05, 4.69) is 10.6 Å². The van der Waals surface area contributed by atoms with Gasteiger partial charge in [-0.2, -0.15) is 0 Å². The average Bonchev–Trinajstić information content (AvgIpc) is 2.45. The molecule has 0 saturated heterocycles. The van der Waals surface area contributed by atoms with Gasteiger partial charge in [-0.1, -0.05) is 0 Å². The smallest absolute Gasteiger partial charge is 0.338 e. The van der Waals surface area contributed by atoms with E-state index in [1.54, 1.807) is 20.8 Å². The van der Waals surface area contributed by atoms with E-state index < -0.39 is 23.0 Å². The Bertz CT molecular complexity index is 679. The molecule has 1 aromatic carbocycles. The van der Waals surface area contributed by atoms with Crippen molar-refractivity contribution in [3.8, 4) is 0 Å². The number of nitrogens with one attached hydrogen (secondary N) is 2. The van der Waals surface area contributed by atoms with Crippen molar-refractivity contribution in [3.63, 3.8) is 0 Å². The van der Waals surface area contributed by atoms with E-state index in [0.717, 1.165) is 0 Å². The molecule has 0 spiro atoms. The van der Waals surface area contributed by atoms with Crippen LogP contribution in [0.25, 0.3) is 0 Å². The Hall–Kier alpha value is -2.90. The number of nitro groups is 1. The van der Waals surface area contributed by atoms with Gasteiger partial charge in [0.2, 0.25) is 0 Å². The molecule has 0 bridgehead atoms. The molecular weight excluding hydrogens is 302 g/mol. The Morgan fingerprint density at radius 2 is 1.91 bits per heavy atom. The molecule has 1 atom stereocenters. The topological polar surface area (TPSA) is 111 Å². The Morgan fingerprint density at radius 3 is 2.43 bits per heavy atom. The van der Waals surface area contributed by atoms with Crippen molar-refractivity contribution in [2.75, 3.05) is 0 Å². The second-order valence-corrected chi connectivity index (χ2v) is 5.37. The molecule has 1 aliphatic rings. The van der Waals surface area contributed by atoms with Gasteiger partial charge in [-0.05, 0) is 38.5 Å². The summed E-state index contributed by atoms with van der Waals surface area (Å²) >= 11 is 0. The fourth-order valence-electron chi connectivity index (χ4n) is 2.28. The maximum Gasteiger partial charge on any atom is 0.338 e. The Balaban J connectivity index is 2.40. The largest absolute Gasteiger partial charge is 0.459 e. The molecule has 1 aliphatic heterocycles. The van der Waals surface area contributed by atoms with E-state index >= 15 is 0 Å². The molecule has 0 radical (unpaired) electrons. The Labute approximate surface area is 132 Å².